The summed E-state index contributed by atoms with van der Waals surface area (Å²) in [5, 5.41) is 16.4. The van der Waals surface area contributed by atoms with E-state index in [1.807, 2.05) is 0 Å². The van der Waals surface area contributed by atoms with E-state index in [1.54, 1.807) is 6.92 Å². The molecule has 0 bridgehead atoms. The lowest BCUT2D eigenvalue weighted by Gasteiger charge is -2.05. The molecule has 0 aliphatic heterocycles. The first-order chi connectivity index (χ1) is 5.09. The molecule has 0 aromatic rings. The lowest BCUT2D eigenvalue weighted by molar-refractivity contribution is -0.313. The van der Waals surface area contributed by atoms with Gasteiger partial charge >= 0.3 is 11.9 Å². The number of hydrogen-bond acceptors (Lipinski definition) is 4. The molecule has 0 aromatic carbocycles. The van der Waals surface area contributed by atoms with Crippen molar-refractivity contribution in [3.05, 3.63) is 0 Å². The maximum absolute atomic E-state index is 10.1. The van der Waals surface area contributed by atoms with Crippen molar-refractivity contribution in [1.29, 1.82) is 0 Å². The second-order valence-electron chi connectivity index (χ2n) is 1.56. The Bertz CT molecular complexity index is 139. The van der Waals surface area contributed by atoms with Gasteiger partial charge in [0.05, 0.1) is 6.61 Å². The second kappa shape index (κ2) is 4.64. The predicted octanol–water partition coefficient (Wildman–Crippen LogP) is -0.508. The average molecular weight is 164 g/mol. The molecule has 0 saturated heterocycles. The van der Waals surface area contributed by atoms with Gasteiger partial charge in [-0.15, -0.1) is 0 Å². The summed E-state index contributed by atoms with van der Waals surface area (Å²) >= 11 is 0. The Morgan fingerprint density at radius 2 is 1.82 bits per heavy atom. The zero-order valence-corrected chi connectivity index (χ0v) is 5.81. The average Bonchev–Trinajstić information content (AvgIpc) is 1.87. The Morgan fingerprint density at radius 1 is 1.36 bits per heavy atom. The van der Waals surface area contributed by atoms with Crippen LogP contribution in [0.4, 0.5) is 0 Å². The van der Waals surface area contributed by atoms with E-state index in [0.717, 1.165) is 0 Å². The summed E-state index contributed by atoms with van der Waals surface area (Å²) in [4.78, 5) is 28.3. The van der Waals surface area contributed by atoms with Crippen molar-refractivity contribution in [3.63, 3.8) is 0 Å². The van der Waals surface area contributed by atoms with Gasteiger partial charge in [-0.25, -0.2) is 19.4 Å². The van der Waals surface area contributed by atoms with Crippen molar-refractivity contribution in [2.45, 2.75) is 13.0 Å². The summed E-state index contributed by atoms with van der Waals surface area (Å²) in [5.74, 6) is -3.18. The van der Waals surface area contributed by atoms with Crippen LogP contribution >= 0.6 is 0 Å². The number of carbonyl (C=O) groups is 2. The van der Waals surface area contributed by atoms with Gasteiger partial charge in [-0.05, 0) is 6.92 Å². The number of rotatable bonds is 5. The van der Waals surface area contributed by atoms with Gasteiger partial charge in [0, 0.05) is 0 Å². The molecule has 11 heavy (non-hydrogen) atoms. The molecule has 0 saturated carbocycles. The van der Waals surface area contributed by atoms with Crippen molar-refractivity contribution < 1.29 is 29.6 Å². The molecule has 2 N–H and O–H groups in total. The van der Waals surface area contributed by atoms with Gasteiger partial charge in [-0.1, -0.05) is 0 Å². The van der Waals surface area contributed by atoms with E-state index < -0.39 is 18.0 Å². The highest BCUT2D eigenvalue weighted by Gasteiger charge is 2.27. The van der Waals surface area contributed by atoms with Gasteiger partial charge in [-0.2, -0.15) is 0 Å². The van der Waals surface area contributed by atoms with Crippen LogP contribution in [0.15, 0.2) is 0 Å². The monoisotopic (exact) mass is 164 g/mol. The third-order valence-electron chi connectivity index (χ3n) is 0.731. The third kappa shape index (κ3) is 3.54. The highest BCUT2D eigenvalue weighted by atomic mass is 17.2. The molecule has 0 aromatic heterocycles. The van der Waals surface area contributed by atoms with Crippen molar-refractivity contribution in [2.24, 2.45) is 0 Å². The summed E-state index contributed by atoms with van der Waals surface area (Å²) in [6.45, 7) is 1.64. The number of hydrogen-bond donors (Lipinski definition) is 2. The fraction of sp³-hybridized carbons (Fsp3) is 0.600. The fourth-order valence-corrected chi connectivity index (χ4v) is 0.324. The molecule has 64 valence electrons. The highest BCUT2D eigenvalue weighted by Crippen LogP contribution is 1.93. The number of aliphatic carboxylic acids is 2. The molecule has 6 heteroatoms. The minimum atomic E-state index is -1.95. The van der Waals surface area contributed by atoms with Crippen LogP contribution in [0.5, 0.6) is 0 Å². The van der Waals surface area contributed by atoms with Crippen LogP contribution in [0.2, 0.25) is 0 Å². The SMILES string of the molecule is CCOOC(C(=O)O)C(=O)O. The van der Waals surface area contributed by atoms with Gasteiger partial charge in [0.25, 0.3) is 6.10 Å². The Morgan fingerprint density at radius 3 is 2.09 bits per heavy atom. The Kier molecular flexibility index (Phi) is 4.16. The standard InChI is InChI=1S/C5H8O6/c1-2-10-11-3(4(6)7)5(8)9/h3H,2H2,1H3,(H,6,7)(H,8,9). The van der Waals surface area contributed by atoms with Gasteiger partial charge in [0.2, 0.25) is 0 Å². The van der Waals surface area contributed by atoms with Crippen LogP contribution < -0.4 is 0 Å². The van der Waals surface area contributed by atoms with E-state index in [1.165, 1.54) is 0 Å². The van der Waals surface area contributed by atoms with Crippen LogP contribution in [-0.2, 0) is 19.4 Å². The van der Waals surface area contributed by atoms with Crippen LogP contribution in [0.3, 0.4) is 0 Å². The summed E-state index contributed by atoms with van der Waals surface area (Å²) in [6, 6.07) is 0. The normalized spacial score (nSPS) is 10.0. The molecule has 0 radical (unpaired) electrons. The summed E-state index contributed by atoms with van der Waals surface area (Å²) in [7, 11) is 0. The zero-order valence-electron chi connectivity index (χ0n) is 5.81. The predicted molar refractivity (Wildman–Crippen MR) is 31.8 cm³/mol. The van der Waals surface area contributed by atoms with E-state index >= 15 is 0 Å². The first-order valence-corrected chi connectivity index (χ1v) is 2.83. The molecule has 0 atom stereocenters. The first kappa shape index (κ1) is 9.86. The summed E-state index contributed by atoms with van der Waals surface area (Å²) < 4.78 is 0. The Labute approximate surface area is 62.3 Å². The van der Waals surface area contributed by atoms with Crippen molar-refractivity contribution in [1.82, 2.24) is 0 Å². The molecule has 0 heterocycles. The molecular weight excluding hydrogens is 156 g/mol. The lowest BCUT2D eigenvalue weighted by Crippen LogP contribution is -2.32. The van der Waals surface area contributed by atoms with Crippen molar-refractivity contribution >= 4 is 11.9 Å². The maximum atomic E-state index is 10.1. The molecule has 0 rings (SSSR count). The fourth-order valence-electron chi connectivity index (χ4n) is 0.324. The molecule has 6 nitrogen and oxygen atoms in total. The number of carboxylic acids is 2. The van der Waals surface area contributed by atoms with E-state index in [4.69, 9.17) is 10.2 Å². The largest absolute Gasteiger partial charge is 0.479 e. The van der Waals surface area contributed by atoms with Crippen LogP contribution in [0.1, 0.15) is 6.92 Å². The molecule has 0 aliphatic carbocycles. The van der Waals surface area contributed by atoms with Crippen molar-refractivity contribution in [2.75, 3.05) is 6.61 Å². The summed E-state index contributed by atoms with van der Waals surface area (Å²) in [5.41, 5.74) is 0. The maximum Gasteiger partial charge on any atom is 0.348 e. The third-order valence-corrected chi connectivity index (χ3v) is 0.731. The Hall–Kier alpha value is -1.14. The minimum Gasteiger partial charge on any atom is -0.479 e. The molecular formula is C5H8O6. The van der Waals surface area contributed by atoms with Gasteiger partial charge in [-0.3, -0.25) is 0 Å². The molecule has 0 amide bonds. The summed E-state index contributed by atoms with van der Waals surface area (Å²) in [6.07, 6.45) is -1.95. The smallest absolute Gasteiger partial charge is 0.348 e. The van der Waals surface area contributed by atoms with Gasteiger partial charge in [0.15, 0.2) is 0 Å². The van der Waals surface area contributed by atoms with Gasteiger partial charge < -0.3 is 10.2 Å². The Balaban J connectivity index is 3.90. The first-order valence-electron chi connectivity index (χ1n) is 2.83. The molecule has 0 spiro atoms. The second-order valence-corrected chi connectivity index (χ2v) is 1.56. The van der Waals surface area contributed by atoms with Crippen molar-refractivity contribution in [3.8, 4) is 0 Å². The topological polar surface area (TPSA) is 93.1 Å². The van der Waals surface area contributed by atoms with Crippen LogP contribution in [-0.4, -0.2) is 34.9 Å². The molecule has 0 fully saturated rings. The highest BCUT2D eigenvalue weighted by molar-refractivity contribution is 5.95. The quantitative estimate of drug-likeness (QED) is 0.323. The van der Waals surface area contributed by atoms with Crippen LogP contribution in [0.25, 0.3) is 0 Å². The minimum absolute atomic E-state index is 0.0943. The zero-order chi connectivity index (χ0) is 8.85. The van der Waals surface area contributed by atoms with Gasteiger partial charge in [0.1, 0.15) is 0 Å². The van der Waals surface area contributed by atoms with E-state index in [-0.39, 0.29) is 6.61 Å². The molecule has 0 unspecified atom stereocenters. The number of carboxylic acid groups (broad SMARTS) is 2. The van der Waals surface area contributed by atoms with E-state index in [2.05, 4.69) is 9.78 Å². The lowest BCUT2D eigenvalue weighted by atomic mass is 10.4. The molecule has 0 aliphatic rings. The van der Waals surface area contributed by atoms with E-state index in [0.29, 0.717) is 0 Å². The van der Waals surface area contributed by atoms with E-state index in [9.17, 15) is 9.59 Å². The van der Waals surface area contributed by atoms with Crippen LogP contribution in [0, 0.1) is 0 Å².